The zero-order valence-corrected chi connectivity index (χ0v) is 9.91. The van der Waals surface area contributed by atoms with Gasteiger partial charge >= 0.3 is 12.0 Å². The highest BCUT2D eigenvalue weighted by molar-refractivity contribution is 6.09. The van der Waals surface area contributed by atoms with Gasteiger partial charge in [0.25, 0.3) is 5.91 Å². The van der Waals surface area contributed by atoms with Crippen LogP contribution in [-0.4, -0.2) is 34.2 Å². The molecule has 2 aliphatic carbocycles. The lowest BCUT2D eigenvalue weighted by Gasteiger charge is -2.31. The molecule has 0 aromatic rings. The molecule has 0 bridgehead atoms. The standard InChI is InChI=1S/C11H13FN2O4/c1-9(2)3-10(6(15)13-8(18)14-10)5-4(9)11(5,12)7(16)17/h4-5H,3H2,1-2H3,(H,16,17)(H2,13,14,15,18)/t4?,5?,10-,11?/m0/s1. The van der Waals surface area contributed by atoms with Crippen LogP contribution in [0.4, 0.5) is 9.18 Å². The maximum Gasteiger partial charge on any atom is 0.342 e. The molecule has 1 saturated heterocycles. The Morgan fingerprint density at radius 2 is 2.00 bits per heavy atom. The highest BCUT2D eigenvalue weighted by atomic mass is 19.1. The number of fused-ring (bicyclic) bond motifs is 2. The molecule has 4 atom stereocenters. The fraction of sp³-hybridized carbons (Fsp3) is 0.727. The Morgan fingerprint density at radius 3 is 2.39 bits per heavy atom. The van der Waals surface area contributed by atoms with Gasteiger partial charge in [-0.05, 0) is 11.8 Å². The highest BCUT2D eigenvalue weighted by Gasteiger charge is 2.88. The predicted molar refractivity (Wildman–Crippen MR) is 56.3 cm³/mol. The predicted octanol–water partition coefficient (Wildman–Crippen LogP) is 0.0334. The van der Waals surface area contributed by atoms with Crippen LogP contribution in [0.2, 0.25) is 0 Å². The molecule has 18 heavy (non-hydrogen) atoms. The second-order valence-corrected chi connectivity index (χ2v) is 6.07. The number of amides is 3. The van der Waals surface area contributed by atoms with Gasteiger partial charge in [0.15, 0.2) is 0 Å². The molecule has 1 heterocycles. The maximum atomic E-state index is 14.5. The molecular formula is C11H13FN2O4. The molecular weight excluding hydrogens is 243 g/mol. The van der Waals surface area contributed by atoms with E-state index in [9.17, 15) is 18.8 Å². The van der Waals surface area contributed by atoms with Crippen LogP contribution < -0.4 is 10.6 Å². The Hall–Kier alpha value is -1.66. The minimum Gasteiger partial charge on any atom is -0.479 e. The van der Waals surface area contributed by atoms with Crippen LogP contribution in [-0.2, 0) is 9.59 Å². The number of hydrogen-bond donors (Lipinski definition) is 3. The van der Waals surface area contributed by atoms with E-state index in [2.05, 4.69) is 10.6 Å². The monoisotopic (exact) mass is 256 g/mol. The number of carbonyl (C=O) groups is 3. The van der Waals surface area contributed by atoms with Crippen LogP contribution in [0.3, 0.4) is 0 Å². The molecule has 0 aromatic heterocycles. The largest absolute Gasteiger partial charge is 0.479 e. The number of halogens is 1. The summed E-state index contributed by atoms with van der Waals surface area (Å²) < 4.78 is 14.5. The van der Waals surface area contributed by atoms with Crippen molar-refractivity contribution in [1.82, 2.24) is 10.6 Å². The molecule has 3 fully saturated rings. The first-order chi connectivity index (χ1) is 8.16. The number of aliphatic carboxylic acids is 1. The topological polar surface area (TPSA) is 95.5 Å². The fourth-order valence-corrected chi connectivity index (χ4v) is 4.07. The van der Waals surface area contributed by atoms with Gasteiger partial charge in [-0.3, -0.25) is 10.1 Å². The molecule has 0 radical (unpaired) electrons. The number of carboxylic acids is 1. The van der Waals surface area contributed by atoms with Crippen LogP contribution >= 0.6 is 0 Å². The van der Waals surface area contributed by atoms with Crippen LogP contribution in [0.25, 0.3) is 0 Å². The van der Waals surface area contributed by atoms with Crippen molar-refractivity contribution >= 4 is 17.9 Å². The van der Waals surface area contributed by atoms with Crippen molar-refractivity contribution in [2.45, 2.75) is 31.5 Å². The zero-order valence-electron chi connectivity index (χ0n) is 9.91. The minimum atomic E-state index is -2.42. The number of imide groups is 1. The van der Waals surface area contributed by atoms with E-state index in [1.165, 1.54) is 0 Å². The summed E-state index contributed by atoms with van der Waals surface area (Å²) in [4.78, 5) is 34.2. The van der Waals surface area contributed by atoms with E-state index in [0.29, 0.717) is 0 Å². The van der Waals surface area contributed by atoms with E-state index in [0.717, 1.165) is 0 Å². The van der Waals surface area contributed by atoms with Gasteiger partial charge in [0.05, 0.1) is 0 Å². The van der Waals surface area contributed by atoms with Gasteiger partial charge in [-0.25, -0.2) is 14.0 Å². The molecule has 3 N–H and O–H groups in total. The average Bonchev–Trinajstić information content (AvgIpc) is 2.67. The lowest BCUT2D eigenvalue weighted by atomic mass is 9.78. The quantitative estimate of drug-likeness (QED) is 0.577. The Labute approximate surface area is 102 Å². The molecule has 1 aliphatic heterocycles. The molecule has 3 rings (SSSR count). The second-order valence-electron chi connectivity index (χ2n) is 6.07. The Morgan fingerprint density at radius 1 is 1.39 bits per heavy atom. The van der Waals surface area contributed by atoms with E-state index in [1.807, 2.05) is 0 Å². The van der Waals surface area contributed by atoms with E-state index >= 15 is 0 Å². The summed E-state index contributed by atoms with van der Waals surface area (Å²) in [5.74, 6) is -3.90. The lowest BCUT2D eigenvalue weighted by molar-refractivity contribution is -0.148. The highest BCUT2D eigenvalue weighted by Crippen LogP contribution is 2.74. The van der Waals surface area contributed by atoms with Crippen molar-refractivity contribution < 1.29 is 23.9 Å². The van der Waals surface area contributed by atoms with E-state index < -0.39 is 46.4 Å². The van der Waals surface area contributed by atoms with Crippen LogP contribution in [0, 0.1) is 17.3 Å². The third-order valence-electron chi connectivity index (χ3n) is 4.53. The summed E-state index contributed by atoms with van der Waals surface area (Å²) in [6.07, 6.45) is 0.256. The number of carboxylic acid groups (broad SMARTS) is 1. The van der Waals surface area contributed by atoms with Gasteiger partial charge in [-0.15, -0.1) is 0 Å². The first-order valence-corrected chi connectivity index (χ1v) is 5.72. The van der Waals surface area contributed by atoms with Crippen LogP contribution in [0.5, 0.6) is 0 Å². The summed E-state index contributed by atoms with van der Waals surface area (Å²) in [6, 6.07) is -0.684. The Bertz CT molecular complexity index is 505. The fourth-order valence-electron chi connectivity index (χ4n) is 4.07. The smallest absolute Gasteiger partial charge is 0.342 e. The molecule has 98 valence electrons. The third-order valence-corrected chi connectivity index (χ3v) is 4.53. The van der Waals surface area contributed by atoms with Crippen molar-refractivity contribution in [3.05, 3.63) is 0 Å². The second kappa shape index (κ2) is 2.67. The van der Waals surface area contributed by atoms with Gasteiger partial charge in [-0.2, -0.15) is 0 Å². The summed E-state index contributed by atoms with van der Waals surface area (Å²) in [7, 11) is 0. The van der Waals surface area contributed by atoms with Gasteiger partial charge in [0.2, 0.25) is 5.67 Å². The minimum absolute atomic E-state index is 0.256. The maximum absolute atomic E-state index is 14.5. The summed E-state index contributed by atoms with van der Waals surface area (Å²) >= 11 is 0. The number of hydrogen-bond acceptors (Lipinski definition) is 3. The van der Waals surface area contributed by atoms with Crippen molar-refractivity contribution in [3.63, 3.8) is 0 Å². The van der Waals surface area contributed by atoms with Gasteiger partial charge < -0.3 is 10.4 Å². The molecule has 2 saturated carbocycles. The molecule has 7 heteroatoms. The van der Waals surface area contributed by atoms with E-state index in [1.54, 1.807) is 13.8 Å². The SMILES string of the molecule is CC1(C)C[C@]2(NC(=O)NC2=O)C2C1C2(F)C(=O)O. The van der Waals surface area contributed by atoms with Crippen molar-refractivity contribution in [2.75, 3.05) is 0 Å². The molecule has 0 aromatic carbocycles. The third kappa shape index (κ3) is 0.968. The van der Waals surface area contributed by atoms with Crippen LogP contribution in [0.15, 0.2) is 0 Å². The van der Waals surface area contributed by atoms with Crippen LogP contribution in [0.1, 0.15) is 20.3 Å². The van der Waals surface area contributed by atoms with Gasteiger partial charge in [0, 0.05) is 11.8 Å². The van der Waals surface area contributed by atoms with Gasteiger partial charge in [-0.1, -0.05) is 13.8 Å². The Kier molecular flexibility index (Phi) is 1.70. The number of alkyl halides is 1. The van der Waals surface area contributed by atoms with E-state index in [-0.39, 0.29) is 6.42 Å². The lowest BCUT2D eigenvalue weighted by Crippen LogP contribution is -2.52. The van der Waals surface area contributed by atoms with Crippen molar-refractivity contribution in [1.29, 1.82) is 0 Å². The van der Waals surface area contributed by atoms with Gasteiger partial charge in [0.1, 0.15) is 5.54 Å². The first-order valence-electron chi connectivity index (χ1n) is 5.72. The number of nitrogens with one attached hydrogen (secondary N) is 2. The summed E-state index contributed by atoms with van der Waals surface area (Å²) in [5.41, 5.74) is -4.47. The molecule has 3 unspecified atom stereocenters. The first kappa shape index (κ1) is 11.4. The number of carbonyl (C=O) groups excluding carboxylic acids is 2. The summed E-state index contributed by atoms with van der Waals surface area (Å²) in [5, 5.41) is 13.5. The molecule has 3 amide bonds. The normalized spacial score (nSPS) is 47.7. The molecule has 6 nitrogen and oxygen atoms in total. The number of rotatable bonds is 1. The molecule has 3 aliphatic rings. The Balaban J connectivity index is 2.09. The zero-order chi connectivity index (χ0) is 13.5. The number of urea groups is 1. The van der Waals surface area contributed by atoms with E-state index in [4.69, 9.17) is 5.11 Å². The van der Waals surface area contributed by atoms with Crippen molar-refractivity contribution in [3.8, 4) is 0 Å². The van der Waals surface area contributed by atoms with Crippen molar-refractivity contribution in [2.24, 2.45) is 17.3 Å². The molecule has 1 spiro atoms. The summed E-state index contributed by atoms with van der Waals surface area (Å²) in [6.45, 7) is 3.45. The average molecular weight is 256 g/mol.